The maximum atomic E-state index is 4.31. The van der Waals surface area contributed by atoms with Crippen LogP contribution in [0.4, 0.5) is 0 Å². The zero-order valence-electron chi connectivity index (χ0n) is 8.72. The number of pyridine rings is 1. The molecule has 0 saturated carbocycles. The lowest BCUT2D eigenvalue weighted by molar-refractivity contribution is 1.27. The first kappa shape index (κ1) is 9.66. The third-order valence-electron chi connectivity index (χ3n) is 2.25. The number of benzene rings is 1. The number of nitrogens with zero attached hydrogens (tertiary/aromatic N) is 1. The highest BCUT2D eigenvalue weighted by molar-refractivity contribution is 5.78. The van der Waals surface area contributed by atoms with Crippen LogP contribution in [0.3, 0.4) is 0 Å². The Morgan fingerprint density at radius 1 is 1.00 bits per heavy atom. The first-order valence-electron chi connectivity index (χ1n) is 5.01. The Morgan fingerprint density at radius 2 is 1.73 bits per heavy atom. The zero-order chi connectivity index (χ0) is 10.5. The summed E-state index contributed by atoms with van der Waals surface area (Å²) in [5.74, 6) is 0. The van der Waals surface area contributed by atoms with Crippen LogP contribution in [0.2, 0.25) is 0 Å². The third-order valence-corrected chi connectivity index (χ3v) is 2.25. The minimum Gasteiger partial charge on any atom is -0.257 e. The molecular formula is C14H13N. The van der Waals surface area contributed by atoms with Crippen molar-refractivity contribution in [1.29, 1.82) is 0 Å². The zero-order valence-corrected chi connectivity index (χ0v) is 8.72. The first-order chi connectivity index (χ1) is 7.36. The minimum absolute atomic E-state index is 1.03. The minimum atomic E-state index is 1.03. The normalized spacial score (nSPS) is 11.4. The summed E-state index contributed by atoms with van der Waals surface area (Å²) in [5.41, 5.74) is 3.42. The van der Waals surface area contributed by atoms with Gasteiger partial charge < -0.3 is 0 Å². The van der Waals surface area contributed by atoms with E-state index in [9.17, 15) is 0 Å². The molecule has 1 heteroatoms. The Bertz CT molecular complexity index is 443. The average Bonchev–Trinajstić information content (AvgIpc) is 2.31. The Labute approximate surface area is 90.1 Å². The molecule has 0 aliphatic heterocycles. The van der Waals surface area contributed by atoms with Crippen LogP contribution in [0.1, 0.15) is 18.2 Å². The van der Waals surface area contributed by atoms with Gasteiger partial charge in [0.05, 0.1) is 5.69 Å². The highest BCUT2D eigenvalue weighted by Crippen LogP contribution is 2.14. The van der Waals surface area contributed by atoms with Crippen LogP contribution in [0, 0.1) is 0 Å². The molecule has 1 aromatic carbocycles. The van der Waals surface area contributed by atoms with E-state index in [4.69, 9.17) is 0 Å². The van der Waals surface area contributed by atoms with E-state index >= 15 is 0 Å². The van der Waals surface area contributed by atoms with Crippen LogP contribution in [0.5, 0.6) is 0 Å². The van der Waals surface area contributed by atoms with Crippen LogP contribution in [-0.4, -0.2) is 4.98 Å². The van der Waals surface area contributed by atoms with Crippen LogP contribution >= 0.6 is 0 Å². The molecule has 0 N–H and O–H groups in total. The molecule has 0 aliphatic carbocycles. The summed E-state index contributed by atoms with van der Waals surface area (Å²) in [4.78, 5) is 4.31. The molecule has 15 heavy (non-hydrogen) atoms. The number of hydrogen-bond donors (Lipinski definition) is 0. The molecule has 74 valence electrons. The molecular weight excluding hydrogens is 182 g/mol. The largest absolute Gasteiger partial charge is 0.257 e. The number of rotatable bonds is 2. The quantitative estimate of drug-likeness (QED) is 0.712. The van der Waals surface area contributed by atoms with Gasteiger partial charge in [-0.05, 0) is 36.3 Å². The molecule has 2 aromatic rings. The second-order valence-corrected chi connectivity index (χ2v) is 3.45. The second kappa shape index (κ2) is 4.56. The maximum absolute atomic E-state index is 4.31. The average molecular weight is 195 g/mol. The summed E-state index contributed by atoms with van der Waals surface area (Å²) in [5, 5.41) is 0. The molecule has 1 heterocycles. The van der Waals surface area contributed by atoms with Crippen molar-refractivity contribution in [3.05, 3.63) is 66.0 Å². The van der Waals surface area contributed by atoms with Crippen molar-refractivity contribution in [2.45, 2.75) is 6.92 Å². The van der Waals surface area contributed by atoms with Crippen molar-refractivity contribution in [2.75, 3.05) is 0 Å². The van der Waals surface area contributed by atoms with Crippen LogP contribution in [0.25, 0.3) is 11.6 Å². The molecule has 0 fully saturated rings. The van der Waals surface area contributed by atoms with Gasteiger partial charge in [0.2, 0.25) is 0 Å². The number of allylic oxidation sites excluding steroid dienone is 1. The van der Waals surface area contributed by atoms with Gasteiger partial charge in [-0.15, -0.1) is 0 Å². The van der Waals surface area contributed by atoms with Gasteiger partial charge in [-0.25, -0.2) is 0 Å². The van der Waals surface area contributed by atoms with Gasteiger partial charge in [-0.3, -0.25) is 4.98 Å². The third kappa shape index (κ3) is 2.53. The number of aromatic nitrogens is 1. The first-order valence-corrected chi connectivity index (χ1v) is 5.01. The molecule has 0 spiro atoms. The molecule has 0 aliphatic rings. The fourth-order valence-electron chi connectivity index (χ4n) is 1.47. The van der Waals surface area contributed by atoms with Gasteiger partial charge in [0, 0.05) is 6.20 Å². The summed E-state index contributed by atoms with van der Waals surface area (Å²) < 4.78 is 0. The molecule has 0 atom stereocenters. The van der Waals surface area contributed by atoms with Gasteiger partial charge in [0.15, 0.2) is 0 Å². The second-order valence-electron chi connectivity index (χ2n) is 3.45. The van der Waals surface area contributed by atoms with Crippen LogP contribution < -0.4 is 0 Å². The SMILES string of the molecule is C/C(=C\c1ccccc1)c1ccccn1. The number of hydrogen-bond acceptors (Lipinski definition) is 1. The van der Waals surface area contributed by atoms with Crippen LogP contribution in [-0.2, 0) is 0 Å². The summed E-state index contributed by atoms with van der Waals surface area (Å²) in [6.45, 7) is 2.08. The van der Waals surface area contributed by atoms with Crippen LogP contribution in [0.15, 0.2) is 54.7 Å². The Hall–Kier alpha value is -1.89. The van der Waals surface area contributed by atoms with E-state index in [-0.39, 0.29) is 0 Å². The predicted octanol–water partition coefficient (Wildman–Crippen LogP) is 3.64. The molecule has 2 rings (SSSR count). The Kier molecular flexibility index (Phi) is 2.93. The molecule has 0 amide bonds. The van der Waals surface area contributed by atoms with Crippen molar-refractivity contribution in [2.24, 2.45) is 0 Å². The lowest BCUT2D eigenvalue weighted by Crippen LogP contribution is -1.83. The fraction of sp³-hybridized carbons (Fsp3) is 0.0714. The van der Waals surface area contributed by atoms with Crippen molar-refractivity contribution in [3.8, 4) is 0 Å². The standard InChI is InChI=1S/C14H13N/c1-12(14-9-5-6-10-15-14)11-13-7-3-2-4-8-13/h2-11H,1H3/b12-11+. The lowest BCUT2D eigenvalue weighted by atomic mass is 10.1. The molecule has 0 saturated heterocycles. The summed E-state index contributed by atoms with van der Waals surface area (Å²) >= 11 is 0. The highest BCUT2D eigenvalue weighted by atomic mass is 14.7. The van der Waals surface area contributed by atoms with E-state index < -0.39 is 0 Å². The Balaban J connectivity index is 2.29. The topological polar surface area (TPSA) is 12.9 Å². The summed E-state index contributed by atoms with van der Waals surface area (Å²) in [6.07, 6.45) is 3.96. The van der Waals surface area contributed by atoms with E-state index in [1.165, 1.54) is 11.1 Å². The van der Waals surface area contributed by atoms with Gasteiger partial charge in [0.1, 0.15) is 0 Å². The molecule has 0 radical (unpaired) electrons. The maximum Gasteiger partial charge on any atom is 0.0658 e. The summed E-state index contributed by atoms with van der Waals surface area (Å²) in [7, 11) is 0. The monoisotopic (exact) mass is 195 g/mol. The van der Waals surface area contributed by atoms with Gasteiger partial charge in [-0.1, -0.05) is 36.4 Å². The van der Waals surface area contributed by atoms with E-state index in [0.717, 1.165) is 5.69 Å². The highest BCUT2D eigenvalue weighted by Gasteiger charge is 1.95. The van der Waals surface area contributed by atoms with Gasteiger partial charge >= 0.3 is 0 Å². The molecule has 1 nitrogen and oxygen atoms in total. The smallest absolute Gasteiger partial charge is 0.0658 e. The van der Waals surface area contributed by atoms with E-state index in [2.05, 4.69) is 30.1 Å². The molecule has 0 bridgehead atoms. The van der Waals surface area contributed by atoms with E-state index in [0.29, 0.717) is 0 Å². The van der Waals surface area contributed by atoms with E-state index in [1.807, 2.05) is 42.6 Å². The lowest BCUT2D eigenvalue weighted by Gasteiger charge is -1.99. The fourth-order valence-corrected chi connectivity index (χ4v) is 1.47. The van der Waals surface area contributed by atoms with Crippen molar-refractivity contribution in [1.82, 2.24) is 4.98 Å². The Morgan fingerprint density at radius 3 is 2.40 bits per heavy atom. The van der Waals surface area contributed by atoms with Crippen molar-refractivity contribution in [3.63, 3.8) is 0 Å². The molecule has 0 unspecified atom stereocenters. The van der Waals surface area contributed by atoms with E-state index in [1.54, 1.807) is 0 Å². The molecule has 1 aromatic heterocycles. The van der Waals surface area contributed by atoms with Gasteiger partial charge in [0.25, 0.3) is 0 Å². The predicted molar refractivity (Wildman–Crippen MR) is 64.2 cm³/mol. The van der Waals surface area contributed by atoms with Crippen molar-refractivity contribution < 1.29 is 0 Å². The summed E-state index contributed by atoms with van der Waals surface area (Å²) in [6, 6.07) is 16.2. The van der Waals surface area contributed by atoms with Gasteiger partial charge in [-0.2, -0.15) is 0 Å². The van der Waals surface area contributed by atoms with Crippen molar-refractivity contribution >= 4 is 11.6 Å².